The van der Waals surface area contributed by atoms with Gasteiger partial charge < -0.3 is 9.88 Å². The first kappa shape index (κ1) is 12.2. The maximum atomic E-state index is 4.37. The van der Waals surface area contributed by atoms with E-state index in [4.69, 9.17) is 0 Å². The molecule has 1 aliphatic heterocycles. The van der Waals surface area contributed by atoms with Gasteiger partial charge in [0, 0.05) is 12.6 Å². The number of aromatic nitrogens is 3. The number of fused-ring (bicyclic) bond motifs is 1. The molecule has 2 heterocycles. The maximum Gasteiger partial charge on any atom is 0.150 e. The fourth-order valence-electron chi connectivity index (χ4n) is 3.55. The van der Waals surface area contributed by atoms with Crippen LogP contribution in [0.2, 0.25) is 0 Å². The average Bonchev–Trinajstić information content (AvgIpc) is 2.98. The van der Waals surface area contributed by atoms with Crippen LogP contribution in [0.15, 0.2) is 0 Å². The highest BCUT2D eigenvalue weighted by Crippen LogP contribution is 2.31. The number of nitrogens with zero attached hydrogens (tertiary/aromatic N) is 3. The molecular formula is C14H24N4. The number of rotatable bonds is 3. The van der Waals surface area contributed by atoms with Gasteiger partial charge in [0.25, 0.3) is 0 Å². The second-order valence-electron chi connectivity index (χ2n) is 5.90. The van der Waals surface area contributed by atoms with Crippen LogP contribution in [0.4, 0.5) is 0 Å². The quantitative estimate of drug-likeness (QED) is 0.894. The van der Waals surface area contributed by atoms with Crippen molar-refractivity contribution in [3.63, 3.8) is 0 Å². The molecule has 0 aromatic carbocycles. The molecule has 18 heavy (non-hydrogen) atoms. The van der Waals surface area contributed by atoms with Crippen molar-refractivity contribution in [1.29, 1.82) is 0 Å². The summed E-state index contributed by atoms with van der Waals surface area (Å²) in [4.78, 5) is 0. The second kappa shape index (κ2) is 5.00. The number of hydrogen-bond donors (Lipinski definition) is 1. The third-order valence-electron chi connectivity index (χ3n) is 4.71. The molecule has 100 valence electrons. The summed E-state index contributed by atoms with van der Waals surface area (Å²) < 4.78 is 2.29. The molecule has 1 saturated carbocycles. The van der Waals surface area contributed by atoms with Gasteiger partial charge in [0.2, 0.25) is 0 Å². The Morgan fingerprint density at radius 2 is 2.17 bits per heavy atom. The SMILES string of the molecule is CC[C@@H]1CC[C@@H](N[C@@H]2CCCn3c(C)nnc32)C1. The molecule has 1 aromatic rings. The Kier molecular flexibility index (Phi) is 3.37. The van der Waals surface area contributed by atoms with E-state index in [0.29, 0.717) is 12.1 Å². The lowest BCUT2D eigenvalue weighted by Crippen LogP contribution is -2.35. The summed E-state index contributed by atoms with van der Waals surface area (Å²) in [6.45, 7) is 5.46. The topological polar surface area (TPSA) is 42.7 Å². The van der Waals surface area contributed by atoms with Crippen molar-refractivity contribution < 1.29 is 0 Å². The van der Waals surface area contributed by atoms with Gasteiger partial charge in [-0.1, -0.05) is 13.3 Å². The Bertz CT molecular complexity index is 412. The minimum atomic E-state index is 0.431. The molecule has 2 aliphatic rings. The molecule has 0 unspecified atom stereocenters. The predicted molar refractivity (Wildman–Crippen MR) is 71.3 cm³/mol. The van der Waals surface area contributed by atoms with Gasteiger partial charge in [0.15, 0.2) is 0 Å². The van der Waals surface area contributed by atoms with E-state index in [1.807, 2.05) is 0 Å². The van der Waals surface area contributed by atoms with Crippen LogP contribution >= 0.6 is 0 Å². The van der Waals surface area contributed by atoms with Gasteiger partial charge in [-0.2, -0.15) is 0 Å². The molecule has 1 aliphatic carbocycles. The van der Waals surface area contributed by atoms with E-state index in [2.05, 4.69) is 33.9 Å². The van der Waals surface area contributed by atoms with E-state index in [0.717, 1.165) is 18.3 Å². The zero-order chi connectivity index (χ0) is 12.5. The lowest BCUT2D eigenvalue weighted by atomic mass is 10.0. The fourth-order valence-corrected chi connectivity index (χ4v) is 3.55. The Labute approximate surface area is 109 Å². The zero-order valence-electron chi connectivity index (χ0n) is 11.5. The van der Waals surface area contributed by atoms with Gasteiger partial charge in [0.05, 0.1) is 6.04 Å². The van der Waals surface area contributed by atoms with Crippen molar-refractivity contribution >= 4 is 0 Å². The van der Waals surface area contributed by atoms with Crippen LogP contribution in [0.25, 0.3) is 0 Å². The van der Waals surface area contributed by atoms with Crippen molar-refractivity contribution in [2.75, 3.05) is 0 Å². The summed E-state index contributed by atoms with van der Waals surface area (Å²) in [6.07, 6.45) is 7.87. The molecule has 0 radical (unpaired) electrons. The first-order valence-corrected chi connectivity index (χ1v) is 7.43. The second-order valence-corrected chi connectivity index (χ2v) is 5.90. The summed E-state index contributed by atoms with van der Waals surface area (Å²) in [5.74, 6) is 3.17. The van der Waals surface area contributed by atoms with Gasteiger partial charge in [-0.15, -0.1) is 10.2 Å². The molecule has 0 bridgehead atoms. The largest absolute Gasteiger partial charge is 0.314 e. The summed E-state index contributed by atoms with van der Waals surface area (Å²) in [7, 11) is 0. The molecule has 3 atom stereocenters. The highest BCUT2D eigenvalue weighted by Gasteiger charge is 2.29. The minimum Gasteiger partial charge on any atom is -0.314 e. The summed E-state index contributed by atoms with van der Waals surface area (Å²) in [6, 6.07) is 1.13. The normalized spacial score (nSPS) is 31.6. The lowest BCUT2D eigenvalue weighted by Gasteiger charge is -2.27. The first-order valence-electron chi connectivity index (χ1n) is 7.43. The van der Waals surface area contributed by atoms with Gasteiger partial charge >= 0.3 is 0 Å². The molecule has 4 nitrogen and oxygen atoms in total. The third kappa shape index (κ3) is 2.18. The van der Waals surface area contributed by atoms with Crippen molar-refractivity contribution in [1.82, 2.24) is 20.1 Å². The lowest BCUT2D eigenvalue weighted by molar-refractivity contribution is 0.340. The molecule has 1 N–H and O–H groups in total. The van der Waals surface area contributed by atoms with Crippen LogP contribution in [-0.4, -0.2) is 20.8 Å². The Morgan fingerprint density at radius 1 is 1.28 bits per heavy atom. The number of aryl methyl sites for hydroxylation is 1. The molecule has 0 amide bonds. The highest BCUT2D eigenvalue weighted by atomic mass is 15.3. The maximum absolute atomic E-state index is 4.37. The summed E-state index contributed by atoms with van der Waals surface area (Å²) in [5, 5.41) is 12.4. The van der Waals surface area contributed by atoms with Crippen LogP contribution < -0.4 is 5.32 Å². The van der Waals surface area contributed by atoms with E-state index in [9.17, 15) is 0 Å². The Balaban J connectivity index is 1.67. The molecule has 3 rings (SSSR count). The van der Waals surface area contributed by atoms with Crippen LogP contribution in [0.1, 0.15) is 63.1 Å². The van der Waals surface area contributed by atoms with Gasteiger partial charge in [0.1, 0.15) is 11.6 Å². The van der Waals surface area contributed by atoms with Crippen molar-refractivity contribution in [2.45, 2.75) is 71.0 Å². The van der Waals surface area contributed by atoms with Crippen molar-refractivity contribution in [3.8, 4) is 0 Å². The monoisotopic (exact) mass is 248 g/mol. The van der Waals surface area contributed by atoms with Crippen molar-refractivity contribution in [2.24, 2.45) is 5.92 Å². The van der Waals surface area contributed by atoms with Crippen LogP contribution in [0, 0.1) is 12.8 Å². The molecule has 0 spiro atoms. The zero-order valence-corrected chi connectivity index (χ0v) is 11.5. The predicted octanol–water partition coefficient (Wildman–Crippen LogP) is 2.59. The third-order valence-corrected chi connectivity index (χ3v) is 4.71. The van der Waals surface area contributed by atoms with Crippen LogP contribution in [0.3, 0.4) is 0 Å². The van der Waals surface area contributed by atoms with E-state index in [1.165, 1.54) is 44.3 Å². The summed E-state index contributed by atoms with van der Waals surface area (Å²) >= 11 is 0. The van der Waals surface area contributed by atoms with Gasteiger partial charge in [-0.25, -0.2) is 0 Å². The molecular weight excluding hydrogens is 224 g/mol. The fraction of sp³-hybridized carbons (Fsp3) is 0.857. The van der Waals surface area contributed by atoms with E-state index >= 15 is 0 Å². The molecule has 4 heteroatoms. The van der Waals surface area contributed by atoms with Gasteiger partial charge in [-0.05, 0) is 44.9 Å². The first-order chi connectivity index (χ1) is 8.78. The van der Waals surface area contributed by atoms with Crippen LogP contribution in [0.5, 0.6) is 0 Å². The van der Waals surface area contributed by atoms with Gasteiger partial charge in [-0.3, -0.25) is 0 Å². The smallest absolute Gasteiger partial charge is 0.150 e. The summed E-state index contributed by atoms with van der Waals surface area (Å²) in [5.41, 5.74) is 0. The van der Waals surface area contributed by atoms with E-state index in [-0.39, 0.29) is 0 Å². The Hall–Kier alpha value is -0.900. The Morgan fingerprint density at radius 3 is 2.94 bits per heavy atom. The molecule has 1 fully saturated rings. The van der Waals surface area contributed by atoms with Crippen LogP contribution in [-0.2, 0) is 6.54 Å². The number of hydrogen-bond acceptors (Lipinski definition) is 3. The van der Waals surface area contributed by atoms with Crippen molar-refractivity contribution in [3.05, 3.63) is 11.6 Å². The molecule has 0 saturated heterocycles. The standard InChI is InChI=1S/C14H24N4/c1-3-11-6-7-12(9-11)15-13-5-4-8-18-10(2)16-17-14(13)18/h11-13,15H,3-9H2,1-2H3/t11-,12-,13-/m1/s1. The molecule has 1 aromatic heterocycles. The average molecular weight is 248 g/mol. The van der Waals surface area contributed by atoms with E-state index in [1.54, 1.807) is 0 Å². The highest BCUT2D eigenvalue weighted by molar-refractivity contribution is 5.04. The minimum absolute atomic E-state index is 0.431. The van der Waals surface area contributed by atoms with E-state index < -0.39 is 0 Å². The number of nitrogens with one attached hydrogen (secondary N) is 1.